The van der Waals surface area contributed by atoms with Gasteiger partial charge in [-0.2, -0.15) is 0 Å². The van der Waals surface area contributed by atoms with Crippen molar-refractivity contribution in [3.8, 4) is 0 Å². The SMILES string of the molecule is FCc1ncc2c(n1)c1c(n2CCc2ccc(F)cc2)CCN2CCCC12. The Bertz CT molecular complexity index is 980. The summed E-state index contributed by atoms with van der Waals surface area (Å²) in [7, 11) is 0. The molecule has 0 aliphatic carbocycles. The van der Waals surface area contributed by atoms with Gasteiger partial charge in [-0.15, -0.1) is 0 Å². The smallest absolute Gasteiger partial charge is 0.160 e. The van der Waals surface area contributed by atoms with Crippen molar-refractivity contribution in [3.05, 3.63) is 58.9 Å². The van der Waals surface area contributed by atoms with Gasteiger partial charge in [0.15, 0.2) is 5.82 Å². The largest absolute Gasteiger partial charge is 0.341 e. The highest BCUT2D eigenvalue weighted by molar-refractivity contribution is 5.82. The molecule has 1 aromatic carbocycles. The molecule has 0 spiro atoms. The molecule has 1 unspecified atom stereocenters. The zero-order valence-electron chi connectivity index (χ0n) is 15.2. The summed E-state index contributed by atoms with van der Waals surface area (Å²) in [6.45, 7) is 2.35. The Morgan fingerprint density at radius 1 is 1.15 bits per heavy atom. The van der Waals surface area contributed by atoms with Crippen LogP contribution in [0.15, 0.2) is 30.5 Å². The Kier molecular flexibility index (Phi) is 4.16. The van der Waals surface area contributed by atoms with Gasteiger partial charge in [0.2, 0.25) is 0 Å². The molecule has 2 aliphatic rings. The Morgan fingerprint density at radius 2 is 2.00 bits per heavy atom. The molecule has 4 heterocycles. The highest BCUT2D eigenvalue weighted by Gasteiger charge is 2.36. The van der Waals surface area contributed by atoms with Crippen LogP contribution in [0.3, 0.4) is 0 Å². The molecule has 1 saturated heterocycles. The number of halogens is 2. The van der Waals surface area contributed by atoms with E-state index in [0.717, 1.165) is 55.5 Å². The normalized spacial score (nSPS) is 19.4. The Labute approximate surface area is 156 Å². The highest BCUT2D eigenvalue weighted by atomic mass is 19.1. The Hall–Kier alpha value is -2.34. The summed E-state index contributed by atoms with van der Waals surface area (Å²) < 4.78 is 28.7. The molecule has 3 aromatic rings. The molecule has 0 N–H and O–H groups in total. The number of fused-ring (bicyclic) bond motifs is 5. The lowest BCUT2D eigenvalue weighted by atomic mass is 9.98. The van der Waals surface area contributed by atoms with E-state index >= 15 is 0 Å². The molecule has 2 aliphatic heterocycles. The third-order valence-corrected chi connectivity index (χ3v) is 5.99. The van der Waals surface area contributed by atoms with Gasteiger partial charge in [-0.05, 0) is 43.5 Å². The lowest BCUT2D eigenvalue weighted by Gasteiger charge is -2.30. The molecule has 2 aromatic heterocycles. The van der Waals surface area contributed by atoms with Crippen molar-refractivity contribution in [2.75, 3.05) is 13.1 Å². The fourth-order valence-electron chi connectivity index (χ4n) is 4.74. The van der Waals surface area contributed by atoms with Crippen LogP contribution < -0.4 is 0 Å². The summed E-state index contributed by atoms with van der Waals surface area (Å²) in [5.74, 6) is 0.0483. The van der Waals surface area contributed by atoms with Crippen molar-refractivity contribution >= 4 is 11.0 Å². The molecular weight excluding hydrogens is 346 g/mol. The first-order valence-corrected chi connectivity index (χ1v) is 9.66. The van der Waals surface area contributed by atoms with E-state index < -0.39 is 6.67 Å². The van der Waals surface area contributed by atoms with E-state index in [1.165, 1.54) is 29.8 Å². The van der Waals surface area contributed by atoms with Crippen molar-refractivity contribution in [1.82, 2.24) is 19.4 Å². The lowest BCUT2D eigenvalue weighted by Crippen LogP contribution is -2.31. The lowest BCUT2D eigenvalue weighted by molar-refractivity contribution is 0.241. The van der Waals surface area contributed by atoms with E-state index in [9.17, 15) is 8.78 Å². The Balaban J connectivity index is 1.58. The third-order valence-electron chi connectivity index (χ3n) is 5.99. The van der Waals surface area contributed by atoms with Crippen LogP contribution in [0.5, 0.6) is 0 Å². The van der Waals surface area contributed by atoms with Crippen molar-refractivity contribution < 1.29 is 8.78 Å². The maximum absolute atomic E-state index is 13.2. The topological polar surface area (TPSA) is 34.0 Å². The third kappa shape index (κ3) is 2.83. The van der Waals surface area contributed by atoms with Crippen LogP contribution in [-0.4, -0.2) is 32.5 Å². The predicted molar refractivity (Wildman–Crippen MR) is 99.7 cm³/mol. The molecule has 0 saturated carbocycles. The number of hydrogen-bond donors (Lipinski definition) is 0. The molecule has 0 radical (unpaired) electrons. The number of hydrogen-bond acceptors (Lipinski definition) is 3. The number of benzene rings is 1. The summed E-state index contributed by atoms with van der Waals surface area (Å²) in [4.78, 5) is 11.3. The van der Waals surface area contributed by atoms with E-state index in [0.29, 0.717) is 6.04 Å². The second kappa shape index (κ2) is 6.68. The molecule has 4 nitrogen and oxygen atoms in total. The van der Waals surface area contributed by atoms with Gasteiger partial charge < -0.3 is 4.57 Å². The van der Waals surface area contributed by atoms with Crippen LogP contribution in [-0.2, 0) is 26.1 Å². The van der Waals surface area contributed by atoms with E-state index in [4.69, 9.17) is 0 Å². The predicted octanol–water partition coefficient (Wildman–Crippen LogP) is 3.98. The maximum atomic E-state index is 13.2. The molecule has 1 atom stereocenters. The first-order valence-electron chi connectivity index (χ1n) is 9.66. The van der Waals surface area contributed by atoms with Crippen LogP contribution in [0.25, 0.3) is 11.0 Å². The number of aromatic nitrogens is 3. The summed E-state index contributed by atoms with van der Waals surface area (Å²) in [6, 6.07) is 7.08. The van der Waals surface area contributed by atoms with Crippen molar-refractivity contribution in [1.29, 1.82) is 0 Å². The van der Waals surface area contributed by atoms with E-state index in [1.54, 1.807) is 6.20 Å². The monoisotopic (exact) mass is 368 g/mol. The molecule has 5 rings (SSSR count). The number of alkyl halides is 1. The summed E-state index contributed by atoms with van der Waals surface area (Å²) in [5, 5.41) is 0. The number of rotatable bonds is 4. The first kappa shape index (κ1) is 16.8. The maximum Gasteiger partial charge on any atom is 0.160 e. The molecular formula is C21H22F2N4. The van der Waals surface area contributed by atoms with Gasteiger partial charge in [-0.1, -0.05) is 12.1 Å². The van der Waals surface area contributed by atoms with Gasteiger partial charge in [0.05, 0.1) is 17.2 Å². The van der Waals surface area contributed by atoms with Crippen molar-refractivity contribution in [2.24, 2.45) is 0 Å². The first-order chi connectivity index (χ1) is 13.2. The zero-order valence-corrected chi connectivity index (χ0v) is 15.2. The number of nitrogens with zero attached hydrogens (tertiary/aromatic N) is 4. The van der Waals surface area contributed by atoms with Crippen LogP contribution in [0.1, 0.15) is 41.5 Å². The van der Waals surface area contributed by atoms with E-state index in [-0.39, 0.29) is 11.6 Å². The van der Waals surface area contributed by atoms with Crippen LogP contribution >= 0.6 is 0 Å². The second-order valence-electron chi connectivity index (χ2n) is 7.49. The van der Waals surface area contributed by atoms with E-state index in [1.807, 2.05) is 12.1 Å². The van der Waals surface area contributed by atoms with Gasteiger partial charge in [-0.25, -0.2) is 18.7 Å². The van der Waals surface area contributed by atoms with Gasteiger partial charge in [0.1, 0.15) is 12.5 Å². The summed E-state index contributed by atoms with van der Waals surface area (Å²) in [5.41, 5.74) is 5.62. The van der Waals surface area contributed by atoms with Gasteiger partial charge in [-0.3, -0.25) is 4.90 Å². The molecule has 27 heavy (non-hydrogen) atoms. The summed E-state index contributed by atoms with van der Waals surface area (Å²) in [6.07, 6.45) is 5.91. The fraction of sp³-hybridized carbons (Fsp3) is 0.429. The molecule has 6 heteroatoms. The minimum atomic E-state index is -0.639. The fourth-order valence-corrected chi connectivity index (χ4v) is 4.74. The van der Waals surface area contributed by atoms with Crippen molar-refractivity contribution in [2.45, 2.75) is 44.9 Å². The van der Waals surface area contributed by atoms with Gasteiger partial charge in [0.25, 0.3) is 0 Å². The standard InChI is InChI=1S/C21H22F2N4/c22-12-19-24-13-18-21(25-19)20-16-2-1-9-26(16)10-8-17(20)27(18)11-7-14-3-5-15(23)6-4-14/h3-6,13,16H,1-2,7-12H2. The highest BCUT2D eigenvalue weighted by Crippen LogP contribution is 2.42. The molecule has 1 fully saturated rings. The van der Waals surface area contributed by atoms with Crippen LogP contribution in [0, 0.1) is 5.82 Å². The molecule has 0 amide bonds. The average molecular weight is 368 g/mol. The van der Waals surface area contributed by atoms with Crippen LogP contribution in [0.2, 0.25) is 0 Å². The molecule has 140 valence electrons. The zero-order chi connectivity index (χ0) is 18.4. The van der Waals surface area contributed by atoms with E-state index in [2.05, 4.69) is 19.4 Å². The quantitative estimate of drug-likeness (QED) is 0.699. The molecule has 0 bridgehead atoms. The Morgan fingerprint density at radius 3 is 2.81 bits per heavy atom. The number of aryl methyl sites for hydroxylation is 2. The van der Waals surface area contributed by atoms with Crippen molar-refractivity contribution in [3.63, 3.8) is 0 Å². The summed E-state index contributed by atoms with van der Waals surface area (Å²) >= 11 is 0. The average Bonchev–Trinajstić information content (AvgIpc) is 3.29. The minimum absolute atomic E-state index is 0.212. The van der Waals surface area contributed by atoms with Gasteiger partial charge >= 0.3 is 0 Å². The second-order valence-corrected chi connectivity index (χ2v) is 7.49. The minimum Gasteiger partial charge on any atom is -0.341 e. The van der Waals surface area contributed by atoms with Crippen LogP contribution in [0.4, 0.5) is 8.78 Å². The van der Waals surface area contributed by atoms with Gasteiger partial charge in [0, 0.05) is 36.8 Å².